The third-order valence-corrected chi connectivity index (χ3v) is 7.55. The molecule has 32 heavy (non-hydrogen) atoms. The van der Waals surface area contributed by atoms with E-state index in [1.165, 1.54) is 10.5 Å². The zero-order valence-corrected chi connectivity index (χ0v) is 20.3. The number of primary amides is 1. The fourth-order valence-electron chi connectivity index (χ4n) is 4.10. The molecule has 3 rings (SSSR count). The van der Waals surface area contributed by atoms with Gasteiger partial charge in [0.2, 0.25) is 0 Å². The molecule has 0 aromatic carbocycles. The van der Waals surface area contributed by atoms with E-state index < -0.39 is 16.2 Å². The van der Waals surface area contributed by atoms with Crippen LogP contribution < -0.4 is 14.3 Å². The number of likely N-dealkylation sites (tertiary alicyclic amines) is 1. The van der Waals surface area contributed by atoms with Gasteiger partial charge in [0.25, 0.3) is 0 Å². The van der Waals surface area contributed by atoms with E-state index in [2.05, 4.69) is 10.00 Å². The van der Waals surface area contributed by atoms with E-state index in [0.29, 0.717) is 47.3 Å². The second-order valence-electron chi connectivity index (χ2n) is 8.47. The summed E-state index contributed by atoms with van der Waals surface area (Å²) < 4.78 is 37.6. The van der Waals surface area contributed by atoms with Gasteiger partial charge in [-0.15, -0.1) is 0 Å². The van der Waals surface area contributed by atoms with Crippen LogP contribution in [-0.2, 0) is 23.1 Å². The minimum absolute atomic E-state index is 0.0576. The van der Waals surface area contributed by atoms with Crippen LogP contribution in [0.2, 0.25) is 0 Å². The highest BCUT2D eigenvalue weighted by atomic mass is 32.2. The minimum atomic E-state index is -4.38. The summed E-state index contributed by atoms with van der Waals surface area (Å²) in [7, 11) is -2.42. The molecule has 2 amide bonds. The maximum Gasteiger partial charge on any atom is 0.335 e. The van der Waals surface area contributed by atoms with E-state index in [1.807, 2.05) is 34.7 Å². The van der Waals surface area contributed by atoms with Crippen LogP contribution in [0.4, 0.5) is 16.2 Å². The molecule has 1 saturated heterocycles. The van der Waals surface area contributed by atoms with E-state index in [0.717, 1.165) is 13.0 Å². The molecule has 0 radical (unpaired) electrons. The van der Waals surface area contributed by atoms with Crippen LogP contribution >= 0.6 is 0 Å². The molecule has 0 saturated carbocycles. The molecule has 2 N–H and O–H groups in total. The molecule has 178 valence electrons. The summed E-state index contributed by atoms with van der Waals surface area (Å²) in [5, 5.41) is 4.34. The highest BCUT2D eigenvalue weighted by Crippen LogP contribution is 2.34. The molecule has 0 spiro atoms. The summed E-state index contributed by atoms with van der Waals surface area (Å²) in [6.45, 7) is 9.08. The number of furan rings is 1. The number of anilines is 2. The summed E-state index contributed by atoms with van der Waals surface area (Å²) in [6.07, 6.45) is 5.72. The zero-order chi connectivity index (χ0) is 23.6. The number of carbonyl (C=O) groups is 1. The highest BCUT2D eigenvalue weighted by molar-refractivity contribution is 7.95. The Labute approximate surface area is 190 Å². The van der Waals surface area contributed by atoms with Crippen molar-refractivity contribution in [2.24, 2.45) is 5.73 Å². The molecule has 1 aliphatic heterocycles. The second kappa shape index (κ2) is 9.53. The summed E-state index contributed by atoms with van der Waals surface area (Å²) in [4.78, 5) is 14.7. The third-order valence-electron chi connectivity index (χ3n) is 5.71. The average molecular weight is 467 g/mol. The van der Waals surface area contributed by atoms with E-state index in [1.54, 1.807) is 16.9 Å². The van der Waals surface area contributed by atoms with Gasteiger partial charge < -0.3 is 15.1 Å². The summed E-state index contributed by atoms with van der Waals surface area (Å²) in [5.74, 6) is 0.998. The maximum absolute atomic E-state index is 14.1. The standard InChI is InChI=1S/C21H34N6O4S/c1-6-18-11-19(20(7-2)31-18)27(21(22)28)32(29,30)26(16-9-8-10-24(5)13-16)17-12-23-25(14-17)15(3)4/h11-12,14-16H,6-10,13H2,1-5H3,(H2,22,28)/t16-/m1/s1. The van der Waals surface area contributed by atoms with Gasteiger partial charge in [-0.25, -0.2) is 9.10 Å². The Kier molecular flexibility index (Phi) is 7.19. The number of aromatic nitrogens is 2. The van der Waals surface area contributed by atoms with Crippen molar-refractivity contribution in [3.8, 4) is 0 Å². The third kappa shape index (κ3) is 4.63. The van der Waals surface area contributed by atoms with Crippen molar-refractivity contribution >= 4 is 27.6 Å². The van der Waals surface area contributed by atoms with Gasteiger partial charge in [-0.1, -0.05) is 13.8 Å². The Morgan fingerprint density at radius 3 is 2.59 bits per heavy atom. The fourth-order valence-corrected chi connectivity index (χ4v) is 5.82. The van der Waals surface area contributed by atoms with Crippen LogP contribution in [0.5, 0.6) is 0 Å². The lowest BCUT2D eigenvalue weighted by molar-refractivity contribution is 0.252. The Morgan fingerprint density at radius 1 is 1.34 bits per heavy atom. The number of aryl methyl sites for hydroxylation is 2. The quantitative estimate of drug-likeness (QED) is 0.639. The van der Waals surface area contributed by atoms with Crippen molar-refractivity contribution in [2.45, 2.75) is 65.5 Å². The zero-order valence-electron chi connectivity index (χ0n) is 19.5. The van der Waals surface area contributed by atoms with Gasteiger partial charge in [0, 0.05) is 37.7 Å². The number of nitrogens with zero attached hydrogens (tertiary/aromatic N) is 5. The second-order valence-corrected chi connectivity index (χ2v) is 10.1. The first-order valence-electron chi connectivity index (χ1n) is 11.1. The number of carbonyl (C=O) groups excluding carboxylic acids is 1. The molecule has 0 unspecified atom stereocenters. The van der Waals surface area contributed by atoms with Gasteiger partial charge in [0.15, 0.2) is 0 Å². The molecule has 3 heterocycles. The smallest absolute Gasteiger partial charge is 0.335 e. The lowest BCUT2D eigenvalue weighted by atomic mass is 10.1. The summed E-state index contributed by atoms with van der Waals surface area (Å²) in [6, 6.07) is 0.202. The van der Waals surface area contributed by atoms with Crippen LogP contribution in [-0.4, -0.2) is 55.3 Å². The molecular formula is C21H34N6O4S. The number of nitrogens with two attached hydrogens (primary N) is 1. The van der Waals surface area contributed by atoms with Crippen molar-refractivity contribution < 1.29 is 17.6 Å². The Balaban J connectivity index is 2.15. The molecule has 2 aromatic heterocycles. The summed E-state index contributed by atoms with van der Waals surface area (Å²) in [5.41, 5.74) is 6.24. The highest BCUT2D eigenvalue weighted by Gasteiger charge is 2.41. The van der Waals surface area contributed by atoms with Crippen LogP contribution in [0.1, 0.15) is 58.1 Å². The SMILES string of the molecule is CCc1cc(N(C(N)=O)S(=O)(=O)N(c2cnn(C(C)C)c2)[C@@H]2CCCN(C)C2)c(CC)o1. The average Bonchev–Trinajstić information content (AvgIpc) is 3.35. The number of hydrogen-bond donors (Lipinski definition) is 1. The number of likely N-dealkylation sites (N-methyl/N-ethyl adjacent to an activating group) is 1. The maximum atomic E-state index is 14.1. The van der Waals surface area contributed by atoms with Crippen LogP contribution in [0, 0.1) is 0 Å². The fraction of sp³-hybridized carbons (Fsp3) is 0.619. The topological polar surface area (TPSA) is 118 Å². The molecule has 1 fully saturated rings. The molecule has 1 atom stereocenters. The van der Waals surface area contributed by atoms with Crippen LogP contribution in [0.3, 0.4) is 0 Å². The molecular weight excluding hydrogens is 432 g/mol. The van der Waals surface area contributed by atoms with Crippen LogP contribution in [0.25, 0.3) is 0 Å². The molecule has 0 bridgehead atoms. The summed E-state index contributed by atoms with van der Waals surface area (Å²) >= 11 is 0. The van der Waals surface area contributed by atoms with Gasteiger partial charge in [0.05, 0.1) is 17.9 Å². The first-order chi connectivity index (χ1) is 15.1. The molecule has 2 aromatic rings. The Hall–Kier alpha value is -2.53. The van der Waals surface area contributed by atoms with Crippen molar-refractivity contribution in [3.63, 3.8) is 0 Å². The van der Waals surface area contributed by atoms with E-state index in [-0.39, 0.29) is 17.8 Å². The predicted molar refractivity (Wildman–Crippen MR) is 124 cm³/mol. The van der Waals surface area contributed by atoms with Crippen molar-refractivity contribution in [1.29, 1.82) is 0 Å². The van der Waals surface area contributed by atoms with Gasteiger partial charge in [-0.2, -0.15) is 17.8 Å². The molecule has 1 aliphatic rings. The number of urea groups is 1. The van der Waals surface area contributed by atoms with Crippen LogP contribution in [0.15, 0.2) is 22.9 Å². The number of hydrogen-bond acceptors (Lipinski definition) is 6. The predicted octanol–water partition coefficient (Wildman–Crippen LogP) is 2.91. The largest absolute Gasteiger partial charge is 0.464 e. The molecule has 0 aliphatic carbocycles. The number of rotatable bonds is 8. The Bertz CT molecular complexity index is 1040. The van der Waals surface area contributed by atoms with Crippen molar-refractivity contribution in [1.82, 2.24) is 14.7 Å². The normalized spacial score (nSPS) is 17.6. The van der Waals surface area contributed by atoms with Gasteiger partial charge >= 0.3 is 16.2 Å². The van der Waals surface area contributed by atoms with Crippen molar-refractivity contribution in [3.05, 3.63) is 30.0 Å². The first-order valence-corrected chi connectivity index (χ1v) is 12.5. The van der Waals surface area contributed by atoms with E-state index in [9.17, 15) is 13.2 Å². The first kappa shape index (κ1) is 24.1. The van der Waals surface area contributed by atoms with Gasteiger partial charge in [0.1, 0.15) is 17.2 Å². The monoisotopic (exact) mass is 466 g/mol. The number of amides is 2. The lowest BCUT2D eigenvalue weighted by Gasteiger charge is -2.39. The van der Waals surface area contributed by atoms with Crippen molar-refractivity contribution in [2.75, 3.05) is 28.7 Å². The Morgan fingerprint density at radius 2 is 2.06 bits per heavy atom. The molecule has 10 nitrogen and oxygen atoms in total. The molecule has 11 heteroatoms. The van der Waals surface area contributed by atoms with E-state index >= 15 is 0 Å². The van der Waals surface area contributed by atoms with Gasteiger partial charge in [-0.3, -0.25) is 4.68 Å². The number of piperidine rings is 1. The van der Waals surface area contributed by atoms with Gasteiger partial charge in [-0.05, 0) is 40.3 Å². The lowest BCUT2D eigenvalue weighted by Crippen LogP contribution is -2.56. The van der Waals surface area contributed by atoms with E-state index in [4.69, 9.17) is 10.2 Å². The minimum Gasteiger partial charge on any atom is -0.464 e.